The molecule has 2 heterocycles. The molecule has 0 saturated carbocycles. The lowest BCUT2D eigenvalue weighted by atomic mass is 10.1. The molecule has 0 radical (unpaired) electrons. The number of anilines is 1. The highest BCUT2D eigenvalue weighted by atomic mass is 15.3. The number of rotatable bonds is 3. The number of aromatic amines is 1. The predicted molar refractivity (Wildman–Crippen MR) is 78.3 cm³/mol. The summed E-state index contributed by atoms with van der Waals surface area (Å²) in [5.41, 5.74) is 2.00. The standard InChI is InChI=1S/C14H23N5/c1-9(2)11-8-15-13(16-11)10-7-12(19(6)18-10)17-14(3,4)5/h7-9,17H,1-6H3,(H,15,16). The molecule has 2 rings (SSSR count). The number of hydrogen-bond donors (Lipinski definition) is 2. The first-order valence-corrected chi connectivity index (χ1v) is 6.64. The lowest BCUT2D eigenvalue weighted by molar-refractivity contribution is 0.617. The molecule has 19 heavy (non-hydrogen) atoms. The molecule has 0 unspecified atom stereocenters. The zero-order valence-electron chi connectivity index (χ0n) is 12.6. The maximum absolute atomic E-state index is 4.50. The topological polar surface area (TPSA) is 58.5 Å². The second kappa shape index (κ2) is 4.72. The third-order valence-electron chi connectivity index (χ3n) is 2.84. The first kappa shape index (κ1) is 13.6. The van der Waals surface area contributed by atoms with Crippen molar-refractivity contribution in [1.82, 2.24) is 19.7 Å². The van der Waals surface area contributed by atoms with Crippen LogP contribution in [0.2, 0.25) is 0 Å². The summed E-state index contributed by atoms with van der Waals surface area (Å²) in [5, 5.41) is 7.93. The molecule has 0 aliphatic carbocycles. The summed E-state index contributed by atoms with van der Waals surface area (Å²) in [6, 6.07) is 2.02. The Morgan fingerprint density at radius 2 is 2.00 bits per heavy atom. The number of aromatic nitrogens is 4. The summed E-state index contributed by atoms with van der Waals surface area (Å²) in [4.78, 5) is 7.72. The second-order valence-electron chi connectivity index (χ2n) is 6.26. The Balaban J connectivity index is 2.28. The van der Waals surface area contributed by atoms with Crippen molar-refractivity contribution < 1.29 is 0 Å². The molecule has 2 N–H and O–H groups in total. The van der Waals surface area contributed by atoms with Crippen molar-refractivity contribution in [1.29, 1.82) is 0 Å². The number of nitrogens with zero attached hydrogens (tertiary/aromatic N) is 3. The van der Waals surface area contributed by atoms with Crippen LogP contribution in [0.15, 0.2) is 12.3 Å². The Morgan fingerprint density at radius 1 is 1.32 bits per heavy atom. The number of aryl methyl sites for hydroxylation is 1. The highest BCUT2D eigenvalue weighted by Gasteiger charge is 2.15. The highest BCUT2D eigenvalue weighted by molar-refractivity contribution is 5.56. The van der Waals surface area contributed by atoms with Gasteiger partial charge in [0.15, 0.2) is 5.82 Å². The SMILES string of the molecule is CC(C)c1cnc(-c2cc(NC(C)(C)C)n(C)n2)[nH]1. The van der Waals surface area contributed by atoms with E-state index in [1.54, 1.807) is 0 Å². The normalized spacial score (nSPS) is 12.2. The van der Waals surface area contributed by atoms with E-state index in [1.807, 2.05) is 24.0 Å². The Hall–Kier alpha value is -1.78. The minimum absolute atomic E-state index is 0.0112. The van der Waals surface area contributed by atoms with E-state index in [4.69, 9.17) is 0 Å². The average Bonchev–Trinajstić information content (AvgIpc) is 2.84. The second-order valence-corrected chi connectivity index (χ2v) is 6.26. The molecule has 2 aromatic heterocycles. The van der Waals surface area contributed by atoms with Crippen molar-refractivity contribution in [3.63, 3.8) is 0 Å². The minimum Gasteiger partial charge on any atom is -0.366 e. The molecular formula is C14H23N5. The predicted octanol–water partition coefficient (Wildman–Crippen LogP) is 3.14. The van der Waals surface area contributed by atoms with Crippen LogP contribution >= 0.6 is 0 Å². The summed E-state index contributed by atoms with van der Waals surface area (Å²) < 4.78 is 1.85. The van der Waals surface area contributed by atoms with E-state index in [2.05, 4.69) is 55.0 Å². The molecule has 5 nitrogen and oxygen atoms in total. The quantitative estimate of drug-likeness (QED) is 0.892. The van der Waals surface area contributed by atoms with Gasteiger partial charge in [0.05, 0.1) is 0 Å². The Kier molecular flexibility index (Phi) is 3.39. The number of H-pyrrole nitrogens is 1. The molecule has 0 bridgehead atoms. The van der Waals surface area contributed by atoms with E-state index in [1.165, 1.54) is 0 Å². The summed E-state index contributed by atoms with van der Waals surface area (Å²) >= 11 is 0. The van der Waals surface area contributed by atoms with Gasteiger partial charge in [0.1, 0.15) is 11.5 Å². The monoisotopic (exact) mass is 261 g/mol. The van der Waals surface area contributed by atoms with Gasteiger partial charge in [0.25, 0.3) is 0 Å². The maximum atomic E-state index is 4.50. The number of nitrogens with one attached hydrogen (secondary N) is 2. The lowest BCUT2D eigenvalue weighted by Gasteiger charge is -2.21. The Morgan fingerprint density at radius 3 is 2.53 bits per heavy atom. The molecule has 0 aromatic carbocycles. The number of hydrogen-bond acceptors (Lipinski definition) is 3. The van der Waals surface area contributed by atoms with Crippen LogP contribution in [0.4, 0.5) is 5.82 Å². The van der Waals surface area contributed by atoms with E-state index in [0.717, 1.165) is 23.0 Å². The van der Waals surface area contributed by atoms with Crippen molar-refractivity contribution >= 4 is 5.82 Å². The van der Waals surface area contributed by atoms with Gasteiger partial charge in [0.2, 0.25) is 0 Å². The van der Waals surface area contributed by atoms with E-state index in [0.29, 0.717) is 5.92 Å². The van der Waals surface area contributed by atoms with Crippen LogP contribution in [0, 0.1) is 0 Å². The van der Waals surface area contributed by atoms with Crippen LogP contribution in [-0.2, 0) is 7.05 Å². The largest absolute Gasteiger partial charge is 0.366 e. The molecule has 2 aromatic rings. The van der Waals surface area contributed by atoms with Crippen LogP contribution in [0.1, 0.15) is 46.2 Å². The van der Waals surface area contributed by atoms with E-state index >= 15 is 0 Å². The zero-order valence-corrected chi connectivity index (χ0v) is 12.6. The van der Waals surface area contributed by atoms with Gasteiger partial charge in [-0.25, -0.2) is 4.98 Å². The molecule has 0 fully saturated rings. The molecule has 0 aliphatic heterocycles. The smallest absolute Gasteiger partial charge is 0.158 e. The van der Waals surface area contributed by atoms with Gasteiger partial charge < -0.3 is 10.3 Å². The molecule has 5 heteroatoms. The fraction of sp³-hybridized carbons (Fsp3) is 0.571. The number of imidazole rings is 1. The highest BCUT2D eigenvalue weighted by Crippen LogP contribution is 2.22. The molecule has 0 spiro atoms. The summed E-state index contributed by atoms with van der Waals surface area (Å²) in [7, 11) is 1.93. The molecule has 0 amide bonds. The lowest BCUT2D eigenvalue weighted by Crippen LogP contribution is -2.27. The third-order valence-corrected chi connectivity index (χ3v) is 2.84. The van der Waals surface area contributed by atoms with E-state index < -0.39 is 0 Å². The molecule has 104 valence electrons. The van der Waals surface area contributed by atoms with Crippen molar-refractivity contribution in [3.05, 3.63) is 18.0 Å². The van der Waals surface area contributed by atoms with E-state index in [9.17, 15) is 0 Å². The van der Waals surface area contributed by atoms with Crippen LogP contribution in [0.25, 0.3) is 11.5 Å². The fourth-order valence-electron chi connectivity index (χ4n) is 1.84. The average molecular weight is 261 g/mol. The summed E-state index contributed by atoms with van der Waals surface area (Å²) in [5.74, 6) is 2.25. The van der Waals surface area contributed by atoms with Gasteiger partial charge >= 0.3 is 0 Å². The van der Waals surface area contributed by atoms with Gasteiger partial charge in [-0.1, -0.05) is 13.8 Å². The molecule has 0 atom stereocenters. The van der Waals surface area contributed by atoms with Crippen molar-refractivity contribution in [2.24, 2.45) is 7.05 Å². The molecule has 0 aliphatic rings. The van der Waals surface area contributed by atoms with Gasteiger partial charge in [-0.05, 0) is 26.7 Å². The first-order valence-electron chi connectivity index (χ1n) is 6.64. The first-order chi connectivity index (χ1) is 8.76. The van der Waals surface area contributed by atoms with Gasteiger partial charge in [-0.3, -0.25) is 4.68 Å². The van der Waals surface area contributed by atoms with Gasteiger partial charge in [-0.15, -0.1) is 0 Å². The van der Waals surface area contributed by atoms with E-state index in [-0.39, 0.29) is 5.54 Å². The van der Waals surface area contributed by atoms with Crippen LogP contribution in [0.3, 0.4) is 0 Å². The minimum atomic E-state index is 0.0112. The molecular weight excluding hydrogens is 238 g/mol. The maximum Gasteiger partial charge on any atom is 0.158 e. The fourth-order valence-corrected chi connectivity index (χ4v) is 1.84. The van der Waals surface area contributed by atoms with Gasteiger partial charge in [0, 0.05) is 30.5 Å². The van der Waals surface area contributed by atoms with Crippen LogP contribution in [0.5, 0.6) is 0 Å². The van der Waals surface area contributed by atoms with Crippen molar-refractivity contribution in [3.8, 4) is 11.5 Å². The van der Waals surface area contributed by atoms with Crippen LogP contribution < -0.4 is 5.32 Å². The Bertz CT molecular complexity index is 557. The molecule has 0 saturated heterocycles. The van der Waals surface area contributed by atoms with Crippen LogP contribution in [-0.4, -0.2) is 25.3 Å². The van der Waals surface area contributed by atoms with Gasteiger partial charge in [-0.2, -0.15) is 5.10 Å². The zero-order chi connectivity index (χ0) is 14.2. The van der Waals surface area contributed by atoms with Crippen molar-refractivity contribution in [2.75, 3.05) is 5.32 Å². The summed E-state index contributed by atoms with van der Waals surface area (Å²) in [6.45, 7) is 10.7. The van der Waals surface area contributed by atoms with Crippen molar-refractivity contribution in [2.45, 2.75) is 46.1 Å². The third kappa shape index (κ3) is 3.16. The summed E-state index contributed by atoms with van der Waals surface area (Å²) in [6.07, 6.45) is 1.88. The Labute approximate surface area is 114 Å².